The lowest BCUT2D eigenvalue weighted by atomic mass is 10.1. The summed E-state index contributed by atoms with van der Waals surface area (Å²) in [6.07, 6.45) is 3.88. The van der Waals surface area contributed by atoms with Gasteiger partial charge >= 0.3 is 0 Å². The van der Waals surface area contributed by atoms with Crippen molar-refractivity contribution in [3.63, 3.8) is 0 Å². The minimum absolute atomic E-state index is 0.120. The average molecular weight is 266 g/mol. The van der Waals surface area contributed by atoms with Crippen molar-refractivity contribution in [2.45, 2.75) is 18.4 Å². The molecular formula is C12H14N2O3S. The Bertz CT molecular complexity index is 674. The van der Waals surface area contributed by atoms with Crippen molar-refractivity contribution >= 4 is 9.84 Å². The summed E-state index contributed by atoms with van der Waals surface area (Å²) in [6.45, 7) is 1.80. The summed E-state index contributed by atoms with van der Waals surface area (Å²) in [5.74, 6) is 0. The smallest absolute Gasteiger partial charge is 0.178 e. The lowest BCUT2D eigenvalue weighted by Crippen LogP contribution is -2.01. The molecule has 0 saturated carbocycles. The molecule has 0 spiro atoms. The molecule has 0 aliphatic heterocycles. The van der Waals surface area contributed by atoms with Crippen molar-refractivity contribution in [2.75, 3.05) is 6.26 Å². The molecule has 0 saturated heterocycles. The number of rotatable bonds is 3. The molecule has 6 heteroatoms. The van der Waals surface area contributed by atoms with Crippen molar-refractivity contribution in [2.24, 2.45) is 0 Å². The van der Waals surface area contributed by atoms with Crippen molar-refractivity contribution in [3.05, 3.63) is 41.7 Å². The number of sulfone groups is 1. The lowest BCUT2D eigenvalue weighted by molar-refractivity contribution is 0.281. The van der Waals surface area contributed by atoms with E-state index in [2.05, 4.69) is 5.10 Å². The van der Waals surface area contributed by atoms with Gasteiger partial charge in [-0.15, -0.1) is 0 Å². The Morgan fingerprint density at radius 1 is 1.39 bits per heavy atom. The molecule has 1 N–H and O–H groups in total. The quantitative estimate of drug-likeness (QED) is 0.902. The Kier molecular flexibility index (Phi) is 3.23. The van der Waals surface area contributed by atoms with E-state index in [1.165, 1.54) is 17.1 Å². The standard InChI is InChI=1S/C12H14N2O3S/c1-9-3-4-12(10(5-9)8-15)14-7-11(6-13-14)18(2,16)17/h3-7,15H,8H2,1-2H3. The van der Waals surface area contributed by atoms with Crippen LogP contribution in [-0.2, 0) is 16.4 Å². The number of hydrogen-bond donors (Lipinski definition) is 1. The zero-order valence-electron chi connectivity index (χ0n) is 10.2. The molecule has 0 aliphatic carbocycles. The monoisotopic (exact) mass is 266 g/mol. The molecule has 96 valence electrons. The van der Waals surface area contributed by atoms with Crippen molar-refractivity contribution in [1.29, 1.82) is 0 Å². The van der Waals surface area contributed by atoms with Crippen LogP contribution in [0, 0.1) is 6.92 Å². The van der Waals surface area contributed by atoms with Gasteiger partial charge in [-0.1, -0.05) is 17.7 Å². The Morgan fingerprint density at radius 2 is 2.11 bits per heavy atom. The van der Waals surface area contributed by atoms with Crippen LogP contribution in [0.5, 0.6) is 0 Å². The molecule has 1 aromatic carbocycles. The highest BCUT2D eigenvalue weighted by atomic mass is 32.2. The topological polar surface area (TPSA) is 72.2 Å². The third kappa shape index (κ3) is 2.44. The van der Waals surface area contributed by atoms with E-state index in [9.17, 15) is 13.5 Å². The first kappa shape index (κ1) is 12.8. The number of hydrogen-bond acceptors (Lipinski definition) is 4. The minimum Gasteiger partial charge on any atom is -0.392 e. The summed E-state index contributed by atoms with van der Waals surface area (Å²) < 4.78 is 24.2. The van der Waals surface area contributed by atoms with Crippen LogP contribution in [0.3, 0.4) is 0 Å². The predicted molar refractivity (Wildman–Crippen MR) is 67.3 cm³/mol. The van der Waals surface area contributed by atoms with E-state index >= 15 is 0 Å². The molecule has 0 amide bonds. The van der Waals surface area contributed by atoms with E-state index in [1.807, 2.05) is 19.1 Å². The molecule has 1 heterocycles. The van der Waals surface area contributed by atoms with E-state index in [1.54, 1.807) is 6.07 Å². The molecule has 0 fully saturated rings. The largest absolute Gasteiger partial charge is 0.392 e. The maximum absolute atomic E-state index is 11.4. The molecule has 0 bridgehead atoms. The summed E-state index contributed by atoms with van der Waals surface area (Å²) in [5, 5.41) is 13.3. The second-order valence-electron chi connectivity index (χ2n) is 4.18. The molecule has 1 aromatic heterocycles. The maximum Gasteiger partial charge on any atom is 0.178 e. The van der Waals surface area contributed by atoms with E-state index in [-0.39, 0.29) is 11.5 Å². The Hall–Kier alpha value is -1.66. The van der Waals surface area contributed by atoms with Crippen LogP contribution in [-0.4, -0.2) is 29.6 Å². The van der Waals surface area contributed by atoms with Gasteiger partial charge in [0.25, 0.3) is 0 Å². The van der Waals surface area contributed by atoms with E-state index in [4.69, 9.17) is 0 Å². The van der Waals surface area contributed by atoms with E-state index in [0.717, 1.165) is 11.8 Å². The molecule has 18 heavy (non-hydrogen) atoms. The van der Waals surface area contributed by atoms with Gasteiger partial charge in [0, 0.05) is 18.0 Å². The number of aromatic nitrogens is 2. The fraction of sp³-hybridized carbons (Fsp3) is 0.250. The van der Waals surface area contributed by atoms with Gasteiger partial charge in [-0.3, -0.25) is 0 Å². The summed E-state index contributed by atoms with van der Waals surface area (Å²) in [6, 6.07) is 5.54. The van der Waals surface area contributed by atoms with Gasteiger partial charge in [-0.05, 0) is 13.0 Å². The van der Waals surface area contributed by atoms with Gasteiger partial charge < -0.3 is 5.11 Å². The van der Waals surface area contributed by atoms with Gasteiger partial charge in [0.15, 0.2) is 9.84 Å². The number of aliphatic hydroxyl groups excluding tert-OH is 1. The van der Waals surface area contributed by atoms with Crippen LogP contribution in [0.4, 0.5) is 0 Å². The highest BCUT2D eigenvalue weighted by Gasteiger charge is 2.12. The third-order valence-electron chi connectivity index (χ3n) is 2.64. The van der Waals surface area contributed by atoms with Crippen LogP contribution in [0.1, 0.15) is 11.1 Å². The Labute approximate surface area is 106 Å². The third-order valence-corrected chi connectivity index (χ3v) is 3.71. The normalized spacial score (nSPS) is 11.7. The molecule has 2 rings (SSSR count). The minimum atomic E-state index is -3.26. The van der Waals surface area contributed by atoms with Crippen LogP contribution < -0.4 is 0 Å². The zero-order chi connectivity index (χ0) is 13.3. The van der Waals surface area contributed by atoms with Crippen molar-refractivity contribution in [3.8, 4) is 5.69 Å². The van der Waals surface area contributed by atoms with Crippen LogP contribution >= 0.6 is 0 Å². The maximum atomic E-state index is 11.4. The number of nitrogens with zero attached hydrogens (tertiary/aromatic N) is 2. The van der Waals surface area contributed by atoms with Gasteiger partial charge in [-0.2, -0.15) is 5.10 Å². The van der Waals surface area contributed by atoms with Gasteiger partial charge in [-0.25, -0.2) is 13.1 Å². The second kappa shape index (κ2) is 4.55. The van der Waals surface area contributed by atoms with Crippen LogP contribution in [0.2, 0.25) is 0 Å². The number of aliphatic hydroxyl groups is 1. The number of benzene rings is 1. The highest BCUT2D eigenvalue weighted by molar-refractivity contribution is 7.90. The van der Waals surface area contributed by atoms with Gasteiger partial charge in [0.1, 0.15) is 4.90 Å². The average Bonchev–Trinajstić information content (AvgIpc) is 2.77. The van der Waals surface area contributed by atoms with Gasteiger partial charge in [0.05, 0.1) is 18.5 Å². The SMILES string of the molecule is Cc1ccc(-n2cc(S(C)(=O)=O)cn2)c(CO)c1. The van der Waals surface area contributed by atoms with Crippen LogP contribution in [0.15, 0.2) is 35.5 Å². The van der Waals surface area contributed by atoms with Crippen LogP contribution in [0.25, 0.3) is 5.69 Å². The van der Waals surface area contributed by atoms with Crippen molar-refractivity contribution < 1.29 is 13.5 Å². The zero-order valence-corrected chi connectivity index (χ0v) is 11.0. The summed E-state index contributed by atoms with van der Waals surface area (Å²) >= 11 is 0. The summed E-state index contributed by atoms with van der Waals surface area (Å²) in [4.78, 5) is 0.159. The molecule has 0 radical (unpaired) electrons. The first-order valence-electron chi connectivity index (χ1n) is 5.37. The summed E-state index contributed by atoms with van der Waals surface area (Å²) in [7, 11) is -3.26. The molecule has 5 nitrogen and oxygen atoms in total. The molecule has 2 aromatic rings. The molecule has 0 aliphatic rings. The Morgan fingerprint density at radius 3 is 2.67 bits per heavy atom. The second-order valence-corrected chi connectivity index (χ2v) is 6.20. The molecule has 0 unspecified atom stereocenters. The van der Waals surface area contributed by atoms with E-state index < -0.39 is 9.84 Å². The Balaban J connectivity index is 2.53. The summed E-state index contributed by atoms with van der Waals surface area (Å²) in [5.41, 5.74) is 2.41. The first-order valence-corrected chi connectivity index (χ1v) is 7.26. The van der Waals surface area contributed by atoms with Crippen molar-refractivity contribution in [1.82, 2.24) is 9.78 Å². The fourth-order valence-corrected chi connectivity index (χ4v) is 2.22. The van der Waals surface area contributed by atoms with Gasteiger partial charge in [0.2, 0.25) is 0 Å². The molecular weight excluding hydrogens is 252 g/mol. The molecule has 0 atom stereocenters. The lowest BCUT2D eigenvalue weighted by Gasteiger charge is -2.08. The fourth-order valence-electron chi connectivity index (χ4n) is 1.69. The highest BCUT2D eigenvalue weighted by Crippen LogP contribution is 2.18. The first-order chi connectivity index (χ1) is 8.41. The number of aryl methyl sites for hydroxylation is 1. The predicted octanol–water partition coefficient (Wildman–Crippen LogP) is 1.08. The van der Waals surface area contributed by atoms with E-state index in [0.29, 0.717) is 11.3 Å².